The molecule has 0 aliphatic heterocycles. The number of hydrogen-bond donors (Lipinski definition) is 0. The normalized spacial score (nSPS) is 10.3. The Kier molecular flexibility index (Phi) is 4.65. The number of halogens is 2. The van der Waals surface area contributed by atoms with Crippen LogP contribution < -0.4 is 0 Å². The van der Waals surface area contributed by atoms with Crippen LogP contribution in [-0.4, -0.2) is 39.2 Å². The molecule has 104 valence electrons. The SMILES string of the molecule is O=C(c1cccnc1-c1ccncn1)N(F)CCCF. The van der Waals surface area contributed by atoms with Gasteiger partial charge in [0, 0.05) is 12.4 Å². The van der Waals surface area contributed by atoms with Crippen LogP contribution in [0, 0.1) is 0 Å². The Bertz CT molecular complexity index is 580. The summed E-state index contributed by atoms with van der Waals surface area (Å²) >= 11 is 0. The van der Waals surface area contributed by atoms with E-state index in [9.17, 15) is 13.7 Å². The number of alkyl halides is 1. The Morgan fingerprint density at radius 3 is 2.80 bits per heavy atom. The molecular weight excluding hydrogens is 266 g/mol. The van der Waals surface area contributed by atoms with Crippen molar-refractivity contribution in [3.8, 4) is 11.4 Å². The van der Waals surface area contributed by atoms with Gasteiger partial charge in [-0.05, 0) is 24.6 Å². The monoisotopic (exact) mass is 278 g/mol. The van der Waals surface area contributed by atoms with Crippen LogP contribution in [0.4, 0.5) is 8.87 Å². The molecule has 0 saturated heterocycles. The van der Waals surface area contributed by atoms with Crippen molar-refractivity contribution < 1.29 is 13.7 Å². The lowest BCUT2D eigenvalue weighted by molar-refractivity contribution is 0.0183. The van der Waals surface area contributed by atoms with Crippen LogP contribution in [0.3, 0.4) is 0 Å². The molecule has 0 radical (unpaired) electrons. The Hall–Kier alpha value is -2.44. The van der Waals surface area contributed by atoms with E-state index in [1.165, 1.54) is 30.9 Å². The van der Waals surface area contributed by atoms with E-state index >= 15 is 0 Å². The van der Waals surface area contributed by atoms with Crippen LogP contribution in [0.5, 0.6) is 0 Å². The molecule has 0 unspecified atom stereocenters. The van der Waals surface area contributed by atoms with Crippen LogP contribution in [-0.2, 0) is 0 Å². The largest absolute Gasteiger partial charge is 0.283 e. The Labute approximate surface area is 114 Å². The maximum absolute atomic E-state index is 13.6. The van der Waals surface area contributed by atoms with Gasteiger partial charge in [0.2, 0.25) is 0 Å². The number of pyridine rings is 1. The van der Waals surface area contributed by atoms with Gasteiger partial charge in [-0.1, -0.05) is 4.48 Å². The zero-order chi connectivity index (χ0) is 14.4. The first-order valence-electron chi connectivity index (χ1n) is 5.99. The molecule has 0 N–H and O–H groups in total. The standard InChI is InChI=1S/C13H12F2N4O/c14-5-2-8-19(15)13(20)10-3-1-6-17-12(10)11-4-7-16-9-18-11/h1,3-4,6-7,9H,2,5,8H2. The minimum absolute atomic E-state index is 0.0126. The fraction of sp³-hybridized carbons (Fsp3) is 0.231. The molecule has 0 aliphatic rings. The summed E-state index contributed by atoms with van der Waals surface area (Å²) in [5.41, 5.74) is 0.762. The van der Waals surface area contributed by atoms with Crippen molar-refractivity contribution in [2.24, 2.45) is 0 Å². The van der Waals surface area contributed by atoms with Gasteiger partial charge in [0.15, 0.2) is 0 Å². The van der Waals surface area contributed by atoms with Gasteiger partial charge in [-0.25, -0.2) is 9.97 Å². The second kappa shape index (κ2) is 6.65. The first-order chi connectivity index (χ1) is 9.74. The van der Waals surface area contributed by atoms with Crippen molar-refractivity contribution in [1.82, 2.24) is 20.1 Å². The molecular formula is C13H12F2N4O. The van der Waals surface area contributed by atoms with Crippen molar-refractivity contribution in [2.45, 2.75) is 6.42 Å². The third-order valence-corrected chi connectivity index (χ3v) is 2.57. The first kappa shape index (κ1) is 14.0. The van der Waals surface area contributed by atoms with E-state index < -0.39 is 12.6 Å². The average molecular weight is 278 g/mol. The van der Waals surface area contributed by atoms with Crippen LogP contribution in [0.25, 0.3) is 11.4 Å². The molecule has 2 heterocycles. The lowest BCUT2D eigenvalue weighted by Crippen LogP contribution is -2.25. The second-order valence-electron chi connectivity index (χ2n) is 3.93. The number of amides is 1. The lowest BCUT2D eigenvalue weighted by Gasteiger charge is -2.13. The van der Waals surface area contributed by atoms with Gasteiger partial charge in [0.25, 0.3) is 5.91 Å². The second-order valence-corrected chi connectivity index (χ2v) is 3.93. The fourth-order valence-corrected chi connectivity index (χ4v) is 1.64. The highest BCUT2D eigenvalue weighted by Crippen LogP contribution is 2.20. The maximum atomic E-state index is 13.6. The van der Waals surface area contributed by atoms with E-state index in [0.29, 0.717) is 5.69 Å². The minimum Gasteiger partial charge on any atom is -0.266 e. The quantitative estimate of drug-likeness (QED) is 0.787. The highest BCUT2D eigenvalue weighted by molar-refractivity contribution is 5.98. The Morgan fingerprint density at radius 2 is 2.10 bits per heavy atom. The maximum Gasteiger partial charge on any atom is 0.283 e. The Morgan fingerprint density at radius 1 is 1.25 bits per heavy atom. The molecule has 0 aliphatic carbocycles. The van der Waals surface area contributed by atoms with Crippen molar-refractivity contribution in [1.29, 1.82) is 0 Å². The number of rotatable bonds is 5. The van der Waals surface area contributed by atoms with E-state index in [1.807, 2.05) is 0 Å². The highest BCUT2D eigenvalue weighted by Gasteiger charge is 2.20. The third-order valence-electron chi connectivity index (χ3n) is 2.57. The van der Waals surface area contributed by atoms with Gasteiger partial charge in [0.1, 0.15) is 12.0 Å². The van der Waals surface area contributed by atoms with Gasteiger partial charge in [0.05, 0.1) is 24.5 Å². The Balaban J connectivity index is 2.31. The molecule has 0 atom stereocenters. The highest BCUT2D eigenvalue weighted by atomic mass is 19.2. The summed E-state index contributed by atoms with van der Waals surface area (Å²) in [4.78, 5) is 23.8. The number of carbonyl (C=O) groups excluding carboxylic acids is 1. The van der Waals surface area contributed by atoms with Crippen LogP contribution >= 0.6 is 0 Å². The molecule has 2 aromatic rings. The van der Waals surface area contributed by atoms with Crippen molar-refractivity contribution in [3.63, 3.8) is 0 Å². The predicted molar refractivity (Wildman–Crippen MR) is 68.0 cm³/mol. The molecule has 0 aromatic carbocycles. The molecule has 2 rings (SSSR count). The van der Waals surface area contributed by atoms with Gasteiger partial charge >= 0.3 is 0 Å². The molecule has 0 spiro atoms. The van der Waals surface area contributed by atoms with Crippen molar-refractivity contribution in [2.75, 3.05) is 13.2 Å². The first-order valence-corrected chi connectivity index (χ1v) is 5.99. The molecule has 1 amide bonds. The van der Waals surface area contributed by atoms with Gasteiger partial charge in [-0.2, -0.15) is 5.12 Å². The molecule has 7 heteroatoms. The summed E-state index contributed by atoms with van der Waals surface area (Å²) in [6, 6.07) is 4.55. The predicted octanol–water partition coefficient (Wildman–Crippen LogP) is 2.22. The van der Waals surface area contributed by atoms with E-state index in [4.69, 9.17) is 0 Å². The number of nitrogens with zero attached hydrogens (tertiary/aromatic N) is 4. The number of aromatic nitrogens is 3. The van der Waals surface area contributed by atoms with Gasteiger partial charge in [-0.3, -0.25) is 14.2 Å². The zero-order valence-corrected chi connectivity index (χ0v) is 10.5. The summed E-state index contributed by atoms with van der Waals surface area (Å²) in [7, 11) is 0. The summed E-state index contributed by atoms with van der Waals surface area (Å²) in [6.07, 6.45) is 4.25. The summed E-state index contributed by atoms with van der Waals surface area (Å²) in [5, 5.41) is -0.0126. The van der Waals surface area contributed by atoms with E-state index in [1.54, 1.807) is 6.07 Å². The smallest absolute Gasteiger partial charge is 0.266 e. The molecule has 0 fully saturated rings. The topological polar surface area (TPSA) is 59.0 Å². The molecule has 0 saturated carbocycles. The number of hydrogen-bond acceptors (Lipinski definition) is 4. The summed E-state index contributed by atoms with van der Waals surface area (Å²) < 4.78 is 25.7. The average Bonchev–Trinajstić information content (AvgIpc) is 2.52. The molecule has 2 aromatic heterocycles. The van der Waals surface area contributed by atoms with Crippen molar-refractivity contribution in [3.05, 3.63) is 42.5 Å². The molecule has 0 bridgehead atoms. The zero-order valence-electron chi connectivity index (χ0n) is 10.5. The third kappa shape index (κ3) is 3.11. The molecule has 20 heavy (non-hydrogen) atoms. The summed E-state index contributed by atoms with van der Waals surface area (Å²) in [5.74, 6) is -0.861. The lowest BCUT2D eigenvalue weighted by atomic mass is 10.1. The molecule has 5 nitrogen and oxygen atoms in total. The summed E-state index contributed by atoms with van der Waals surface area (Å²) in [6.45, 7) is -0.979. The number of carbonyl (C=O) groups is 1. The van der Waals surface area contributed by atoms with E-state index in [-0.39, 0.29) is 29.3 Å². The van der Waals surface area contributed by atoms with E-state index in [2.05, 4.69) is 15.0 Å². The van der Waals surface area contributed by atoms with Gasteiger partial charge < -0.3 is 0 Å². The minimum atomic E-state index is -0.861. The fourth-order valence-electron chi connectivity index (χ4n) is 1.64. The van der Waals surface area contributed by atoms with Crippen LogP contribution in [0.15, 0.2) is 36.9 Å². The van der Waals surface area contributed by atoms with Crippen LogP contribution in [0.2, 0.25) is 0 Å². The van der Waals surface area contributed by atoms with Gasteiger partial charge in [-0.15, -0.1) is 0 Å². The van der Waals surface area contributed by atoms with Crippen molar-refractivity contribution >= 4 is 5.91 Å². The van der Waals surface area contributed by atoms with Crippen LogP contribution in [0.1, 0.15) is 16.8 Å². The van der Waals surface area contributed by atoms with E-state index in [0.717, 1.165) is 0 Å².